The van der Waals surface area contributed by atoms with Gasteiger partial charge in [0, 0.05) is 25.6 Å². The standard InChI is InChI=1S/C25H31N5O2/c1-17(2)22(29-25(32)26-16-18-8-4-3-5-9-18)24(31)30-14-12-19(13-15-30)23-27-20-10-6-7-11-21(20)28-23/h3-11,17,19,22H,12-16H2,1-2H3,(H,27,28)(H2,26,29,32). The van der Waals surface area contributed by atoms with E-state index in [-0.39, 0.29) is 17.9 Å². The number of carbonyl (C=O) groups excluding carboxylic acids is 2. The molecule has 0 aliphatic carbocycles. The van der Waals surface area contributed by atoms with Crippen LogP contribution >= 0.6 is 0 Å². The van der Waals surface area contributed by atoms with Gasteiger partial charge in [-0.25, -0.2) is 9.78 Å². The number of nitrogens with one attached hydrogen (secondary N) is 3. The molecule has 168 valence electrons. The van der Waals surface area contributed by atoms with Crippen LogP contribution in [0.2, 0.25) is 0 Å². The average molecular weight is 434 g/mol. The van der Waals surface area contributed by atoms with Crippen molar-refractivity contribution in [2.24, 2.45) is 5.92 Å². The average Bonchev–Trinajstić information content (AvgIpc) is 3.26. The summed E-state index contributed by atoms with van der Waals surface area (Å²) in [6, 6.07) is 16.9. The zero-order valence-electron chi connectivity index (χ0n) is 18.7. The Morgan fingerprint density at radius 1 is 1.06 bits per heavy atom. The van der Waals surface area contributed by atoms with E-state index in [1.54, 1.807) is 0 Å². The van der Waals surface area contributed by atoms with Crippen molar-refractivity contribution in [3.05, 3.63) is 66.0 Å². The minimum atomic E-state index is -0.548. The van der Waals surface area contributed by atoms with Gasteiger partial charge in [-0.2, -0.15) is 0 Å². The Hall–Kier alpha value is -3.35. The first-order valence-corrected chi connectivity index (χ1v) is 11.3. The summed E-state index contributed by atoms with van der Waals surface area (Å²) < 4.78 is 0. The number of hydrogen-bond acceptors (Lipinski definition) is 3. The van der Waals surface area contributed by atoms with E-state index in [4.69, 9.17) is 4.98 Å². The maximum Gasteiger partial charge on any atom is 0.315 e. The minimum Gasteiger partial charge on any atom is -0.342 e. The van der Waals surface area contributed by atoms with Gasteiger partial charge in [0.2, 0.25) is 5.91 Å². The third kappa shape index (κ3) is 5.10. The number of carbonyl (C=O) groups is 2. The summed E-state index contributed by atoms with van der Waals surface area (Å²) in [6.45, 7) is 5.67. The molecule has 1 aromatic heterocycles. The van der Waals surface area contributed by atoms with Gasteiger partial charge in [-0.1, -0.05) is 56.3 Å². The number of hydrogen-bond donors (Lipinski definition) is 3. The molecular weight excluding hydrogens is 402 g/mol. The molecule has 0 radical (unpaired) electrons. The smallest absolute Gasteiger partial charge is 0.315 e. The van der Waals surface area contributed by atoms with E-state index in [1.165, 1.54) is 0 Å². The molecule has 4 rings (SSSR count). The first-order chi connectivity index (χ1) is 15.5. The number of urea groups is 1. The fraction of sp³-hybridized carbons (Fsp3) is 0.400. The predicted octanol–water partition coefficient (Wildman–Crippen LogP) is 3.79. The predicted molar refractivity (Wildman–Crippen MR) is 125 cm³/mol. The number of fused-ring (bicyclic) bond motifs is 1. The topological polar surface area (TPSA) is 90.1 Å². The SMILES string of the molecule is CC(C)C(NC(=O)NCc1ccccc1)C(=O)N1CCC(c2nc3ccccc3[nH]2)CC1. The molecule has 1 aliphatic heterocycles. The lowest BCUT2D eigenvalue weighted by Crippen LogP contribution is -2.54. The number of H-pyrrole nitrogens is 1. The number of nitrogens with zero attached hydrogens (tertiary/aromatic N) is 2. The quantitative estimate of drug-likeness (QED) is 0.552. The van der Waals surface area contributed by atoms with Crippen molar-refractivity contribution in [1.29, 1.82) is 0 Å². The molecule has 0 saturated carbocycles. The molecule has 1 fully saturated rings. The molecule has 7 heteroatoms. The second-order valence-electron chi connectivity index (χ2n) is 8.77. The maximum absolute atomic E-state index is 13.2. The molecule has 0 spiro atoms. The lowest BCUT2D eigenvalue weighted by atomic mass is 9.94. The Morgan fingerprint density at radius 3 is 2.44 bits per heavy atom. The Kier molecular flexibility index (Phi) is 6.73. The second kappa shape index (κ2) is 9.85. The van der Waals surface area contributed by atoms with Gasteiger partial charge in [0.15, 0.2) is 0 Å². The highest BCUT2D eigenvalue weighted by atomic mass is 16.2. The van der Waals surface area contributed by atoms with Crippen LogP contribution < -0.4 is 10.6 Å². The van der Waals surface area contributed by atoms with Crippen LogP contribution in [0.25, 0.3) is 11.0 Å². The molecule has 3 N–H and O–H groups in total. The highest BCUT2D eigenvalue weighted by Gasteiger charge is 2.32. The summed E-state index contributed by atoms with van der Waals surface area (Å²) in [5, 5.41) is 5.73. The maximum atomic E-state index is 13.2. The first-order valence-electron chi connectivity index (χ1n) is 11.3. The van der Waals surface area contributed by atoms with Crippen LogP contribution in [0.3, 0.4) is 0 Å². The van der Waals surface area contributed by atoms with Crippen LogP contribution in [0.4, 0.5) is 4.79 Å². The number of aromatic amines is 1. The van der Waals surface area contributed by atoms with Crippen molar-refractivity contribution in [3.63, 3.8) is 0 Å². The molecule has 3 aromatic rings. The van der Waals surface area contributed by atoms with Crippen molar-refractivity contribution in [2.45, 2.75) is 45.2 Å². The van der Waals surface area contributed by atoms with E-state index in [2.05, 4.69) is 15.6 Å². The van der Waals surface area contributed by atoms with Gasteiger partial charge >= 0.3 is 6.03 Å². The number of amides is 3. The molecule has 1 unspecified atom stereocenters. The minimum absolute atomic E-state index is 0.00179. The summed E-state index contributed by atoms with van der Waals surface area (Å²) in [6.07, 6.45) is 1.72. The van der Waals surface area contributed by atoms with Gasteiger partial charge in [0.25, 0.3) is 0 Å². The molecule has 1 atom stereocenters. The Morgan fingerprint density at radius 2 is 1.75 bits per heavy atom. The second-order valence-corrected chi connectivity index (χ2v) is 8.77. The van der Waals surface area contributed by atoms with Gasteiger partial charge < -0.3 is 20.5 Å². The fourth-order valence-electron chi connectivity index (χ4n) is 4.22. The van der Waals surface area contributed by atoms with Crippen LogP contribution in [-0.4, -0.2) is 45.9 Å². The van der Waals surface area contributed by atoms with Crippen molar-refractivity contribution >= 4 is 23.0 Å². The summed E-state index contributed by atoms with van der Waals surface area (Å²) >= 11 is 0. The van der Waals surface area contributed by atoms with Crippen molar-refractivity contribution in [1.82, 2.24) is 25.5 Å². The molecular formula is C25H31N5O2. The van der Waals surface area contributed by atoms with E-state index < -0.39 is 6.04 Å². The molecule has 2 aromatic carbocycles. The number of aromatic nitrogens is 2. The van der Waals surface area contributed by atoms with Gasteiger partial charge in [-0.05, 0) is 36.5 Å². The van der Waals surface area contributed by atoms with Crippen molar-refractivity contribution < 1.29 is 9.59 Å². The van der Waals surface area contributed by atoms with E-state index in [0.29, 0.717) is 25.6 Å². The van der Waals surface area contributed by atoms with Crippen LogP contribution in [0.5, 0.6) is 0 Å². The molecule has 3 amide bonds. The monoisotopic (exact) mass is 433 g/mol. The molecule has 32 heavy (non-hydrogen) atoms. The first kappa shape index (κ1) is 21.9. The number of para-hydroxylation sites is 2. The van der Waals surface area contributed by atoms with E-state index in [9.17, 15) is 9.59 Å². The molecule has 1 aliphatic rings. The van der Waals surface area contributed by atoms with Crippen LogP contribution in [-0.2, 0) is 11.3 Å². The van der Waals surface area contributed by atoms with Crippen molar-refractivity contribution in [3.8, 4) is 0 Å². The third-order valence-electron chi connectivity index (χ3n) is 6.12. The number of likely N-dealkylation sites (tertiary alicyclic amines) is 1. The molecule has 1 saturated heterocycles. The molecule has 2 heterocycles. The highest BCUT2D eigenvalue weighted by molar-refractivity contribution is 5.87. The van der Waals surface area contributed by atoms with E-state index in [0.717, 1.165) is 35.3 Å². The van der Waals surface area contributed by atoms with E-state index in [1.807, 2.05) is 73.3 Å². The molecule has 0 bridgehead atoms. The largest absolute Gasteiger partial charge is 0.342 e. The Bertz CT molecular complexity index is 1020. The lowest BCUT2D eigenvalue weighted by Gasteiger charge is -2.35. The highest BCUT2D eigenvalue weighted by Crippen LogP contribution is 2.28. The number of imidazole rings is 1. The summed E-state index contributed by atoms with van der Waals surface area (Å²) in [7, 11) is 0. The third-order valence-corrected chi connectivity index (χ3v) is 6.12. The fourth-order valence-corrected chi connectivity index (χ4v) is 4.22. The zero-order chi connectivity index (χ0) is 22.5. The van der Waals surface area contributed by atoms with Crippen LogP contribution in [0, 0.1) is 5.92 Å². The Balaban J connectivity index is 1.32. The zero-order valence-corrected chi connectivity index (χ0v) is 18.7. The van der Waals surface area contributed by atoms with Crippen LogP contribution in [0.15, 0.2) is 54.6 Å². The molecule has 7 nitrogen and oxygen atoms in total. The van der Waals surface area contributed by atoms with Gasteiger partial charge in [0.05, 0.1) is 11.0 Å². The summed E-state index contributed by atoms with van der Waals surface area (Å²) in [5.74, 6) is 1.29. The number of benzene rings is 2. The normalized spacial score (nSPS) is 15.7. The van der Waals surface area contributed by atoms with Gasteiger partial charge in [-0.3, -0.25) is 4.79 Å². The lowest BCUT2D eigenvalue weighted by molar-refractivity contribution is -0.135. The van der Waals surface area contributed by atoms with Gasteiger partial charge in [0.1, 0.15) is 11.9 Å². The number of rotatable bonds is 6. The number of piperidine rings is 1. The summed E-state index contributed by atoms with van der Waals surface area (Å²) in [4.78, 5) is 35.7. The van der Waals surface area contributed by atoms with Gasteiger partial charge in [-0.15, -0.1) is 0 Å². The summed E-state index contributed by atoms with van der Waals surface area (Å²) in [5.41, 5.74) is 3.04. The van der Waals surface area contributed by atoms with Crippen molar-refractivity contribution in [2.75, 3.05) is 13.1 Å². The van der Waals surface area contributed by atoms with Crippen LogP contribution in [0.1, 0.15) is 44.0 Å². The van der Waals surface area contributed by atoms with E-state index >= 15 is 0 Å². The Labute approximate surface area is 188 Å².